The van der Waals surface area contributed by atoms with E-state index in [1.807, 2.05) is 18.2 Å². The maximum Gasteiger partial charge on any atom is 0.232 e. The Morgan fingerprint density at radius 3 is 2.73 bits per heavy atom. The van der Waals surface area contributed by atoms with Crippen LogP contribution in [0.2, 0.25) is 0 Å². The number of ether oxygens (including phenoxy) is 2. The molecular formula is C18H22N4O3S. The van der Waals surface area contributed by atoms with Crippen LogP contribution in [0.3, 0.4) is 0 Å². The molecule has 2 aromatic rings. The summed E-state index contributed by atoms with van der Waals surface area (Å²) in [7, 11) is 3.52. The summed E-state index contributed by atoms with van der Waals surface area (Å²) < 4.78 is 13.7. The van der Waals surface area contributed by atoms with E-state index in [4.69, 9.17) is 9.47 Å². The predicted molar refractivity (Wildman–Crippen MR) is 98.8 cm³/mol. The second-order valence-electron chi connectivity index (χ2n) is 6.70. The summed E-state index contributed by atoms with van der Waals surface area (Å²) >= 11 is 1.44. The summed E-state index contributed by atoms with van der Waals surface area (Å²) in [5.41, 5.74) is 0.958. The van der Waals surface area contributed by atoms with Gasteiger partial charge in [-0.25, -0.2) is 0 Å². The highest BCUT2D eigenvalue weighted by Crippen LogP contribution is 2.42. The Bertz CT molecular complexity index is 817. The van der Waals surface area contributed by atoms with E-state index in [1.54, 1.807) is 19.0 Å². The Morgan fingerprint density at radius 1 is 1.23 bits per heavy atom. The topological polar surface area (TPSA) is 69.5 Å². The Balaban J connectivity index is 1.63. The number of nitrogens with zero attached hydrogens (tertiary/aromatic N) is 4. The Morgan fingerprint density at radius 2 is 2.00 bits per heavy atom. The lowest BCUT2D eigenvalue weighted by Gasteiger charge is -2.12. The van der Waals surface area contributed by atoms with Crippen molar-refractivity contribution in [1.82, 2.24) is 19.7 Å². The fourth-order valence-electron chi connectivity index (χ4n) is 2.79. The van der Waals surface area contributed by atoms with Crippen LogP contribution >= 0.6 is 11.8 Å². The summed E-state index contributed by atoms with van der Waals surface area (Å²) in [5, 5.41) is 9.56. The molecule has 1 amide bonds. The van der Waals surface area contributed by atoms with Crippen LogP contribution in [0.5, 0.6) is 11.5 Å². The second-order valence-corrected chi connectivity index (χ2v) is 7.64. The number of thioether (sulfide) groups is 1. The van der Waals surface area contributed by atoms with Gasteiger partial charge in [-0.2, -0.15) is 0 Å². The zero-order valence-corrected chi connectivity index (χ0v) is 15.8. The van der Waals surface area contributed by atoms with Crippen molar-refractivity contribution >= 4 is 17.7 Å². The number of rotatable bonds is 5. The molecule has 0 atom stereocenters. The molecular weight excluding hydrogens is 352 g/mol. The molecule has 7 nitrogen and oxygen atoms in total. The van der Waals surface area contributed by atoms with Gasteiger partial charge in [-0.05, 0) is 31.0 Å². The molecule has 1 fully saturated rings. The number of carbonyl (C=O) groups is 1. The van der Waals surface area contributed by atoms with Gasteiger partial charge in [0.15, 0.2) is 22.5 Å². The predicted octanol–water partition coefficient (Wildman–Crippen LogP) is 2.62. The largest absolute Gasteiger partial charge is 0.490 e. The van der Waals surface area contributed by atoms with Gasteiger partial charge >= 0.3 is 0 Å². The van der Waals surface area contributed by atoms with E-state index in [9.17, 15) is 4.79 Å². The molecule has 0 unspecified atom stereocenters. The highest BCUT2D eigenvalue weighted by atomic mass is 32.2. The molecule has 8 heteroatoms. The van der Waals surface area contributed by atoms with Crippen molar-refractivity contribution in [1.29, 1.82) is 0 Å². The van der Waals surface area contributed by atoms with E-state index in [0.29, 0.717) is 25.0 Å². The first-order chi connectivity index (χ1) is 12.6. The number of benzene rings is 1. The maximum absolute atomic E-state index is 11.9. The van der Waals surface area contributed by atoms with Crippen molar-refractivity contribution < 1.29 is 14.3 Å². The molecule has 0 spiro atoms. The number of carbonyl (C=O) groups excluding carboxylic acids is 1. The molecule has 2 heterocycles. The van der Waals surface area contributed by atoms with Crippen LogP contribution in [-0.2, 0) is 4.79 Å². The fourth-order valence-corrected chi connectivity index (χ4v) is 3.78. The lowest BCUT2D eigenvalue weighted by molar-refractivity contribution is -0.125. The van der Waals surface area contributed by atoms with Crippen LogP contribution in [0.4, 0.5) is 0 Å². The minimum Gasteiger partial charge on any atom is -0.490 e. The van der Waals surface area contributed by atoms with Gasteiger partial charge in [-0.1, -0.05) is 11.8 Å². The van der Waals surface area contributed by atoms with Crippen molar-refractivity contribution in [2.75, 3.05) is 33.1 Å². The van der Waals surface area contributed by atoms with Crippen LogP contribution in [-0.4, -0.2) is 58.6 Å². The third kappa shape index (κ3) is 3.51. The summed E-state index contributed by atoms with van der Waals surface area (Å²) in [4.78, 5) is 13.5. The van der Waals surface area contributed by atoms with Crippen molar-refractivity contribution in [3.8, 4) is 22.9 Å². The Labute approximate surface area is 156 Å². The zero-order valence-electron chi connectivity index (χ0n) is 15.0. The maximum atomic E-state index is 11.9. The molecule has 1 saturated carbocycles. The first kappa shape index (κ1) is 17.2. The van der Waals surface area contributed by atoms with Crippen molar-refractivity contribution in [2.45, 2.75) is 30.5 Å². The van der Waals surface area contributed by atoms with Crippen LogP contribution in [0.25, 0.3) is 11.4 Å². The van der Waals surface area contributed by atoms with E-state index >= 15 is 0 Å². The van der Waals surface area contributed by atoms with Crippen molar-refractivity contribution in [3.05, 3.63) is 18.2 Å². The van der Waals surface area contributed by atoms with Gasteiger partial charge in [0.1, 0.15) is 0 Å². The van der Waals surface area contributed by atoms with E-state index in [0.717, 1.165) is 47.3 Å². The molecule has 0 bridgehead atoms. The minimum atomic E-state index is 0.0671. The van der Waals surface area contributed by atoms with E-state index < -0.39 is 0 Å². The SMILES string of the molecule is CN(C)C(=O)CSc1nnc(-c2ccc3c(c2)OCCCO3)n1C1CC1. The molecule has 26 heavy (non-hydrogen) atoms. The minimum absolute atomic E-state index is 0.0671. The average molecular weight is 374 g/mol. The van der Waals surface area contributed by atoms with Crippen LogP contribution in [0.1, 0.15) is 25.3 Å². The highest BCUT2D eigenvalue weighted by Gasteiger charge is 2.30. The Hall–Kier alpha value is -2.22. The monoisotopic (exact) mass is 374 g/mol. The van der Waals surface area contributed by atoms with Crippen molar-refractivity contribution in [3.63, 3.8) is 0 Å². The van der Waals surface area contributed by atoms with Gasteiger partial charge in [-0.15, -0.1) is 10.2 Å². The number of aromatic nitrogens is 3. The van der Waals surface area contributed by atoms with Crippen LogP contribution in [0.15, 0.2) is 23.4 Å². The summed E-state index contributed by atoms with van der Waals surface area (Å²) in [6.45, 7) is 1.32. The van der Waals surface area contributed by atoms with Gasteiger partial charge in [0.05, 0.1) is 19.0 Å². The van der Waals surface area contributed by atoms with Crippen LogP contribution < -0.4 is 9.47 Å². The van der Waals surface area contributed by atoms with E-state index in [2.05, 4.69) is 14.8 Å². The number of hydrogen-bond acceptors (Lipinski definition) is 6. The van der Waals surface area contributed by atoms with E-state index in [1.165, 1.54) is 11.8 Å². The van der Waals surface area contributed by atoms with Gasteiger partial charge in [0.25, 0.3) is 0 Å². The molecule has 1 aromatic carbocycles. The lowest BCUT2D eigenvalue weighted by Crippen LogP contribution is -2.23. The first-order valence-corrected chi connectivity index (χ1v) is 9.80. The fraction of sp³-hybridized carbons (Fsp3) is 0.500. The highest BCUT2D eigenvalue weighted by molar-refractivity contribution is 7.99. The molecule has 4 rings (SSSR count). The summed E-state index contributed by atoms with van der Waals surface area (Å²) in [6.07, 6.45) is 3.11. The number of fused-ring (bicyclic) bond motifs is 1. The first-order valence-electron chi connectivity index (χ1n) is 8.81. The lowest BCUT2D eigenvalue weighted by atomic mass is 10.2. The molecule has 1 aliphatic heterocycles. The zero-order chi connectivity index (χ0) is 18.1. The van der Waals surface area contributed by atoms with Gasteiger partial charge in [0, 0.05) is 32.1 Å². The van der Waals surface area contributed by atoms with Crippen LogP contribution in [0, 0.1) is 0 Å². The van der Waals surface area contributed by atoms with Crippen molar-refractivity contribution in [2.24, 2.45) is 0 Å². The molecule has 138 valence electrons. The second kappa shape index (κ2) is 7.19. The quantitative estimate of drug-likeness (QED) is 0.750. The van der Waals surface area contributed by atoms with Gasteiger partial charge in [-0.3, -0.25) is 9.36 Å². The Kier molecular flexibility index (Phi) is 4.76. The summed E-state index contributed by atoms with van der Waals surface area (Å²) in [5.74, 6) is 2.77. The van der Waals surface area contributed by atoms with E-state index in [-0.39, 0.29) is 5.91 Å². The standard InChI is InChI=1S/C18H22N4O3S/c1-21(2)16(23)11-26-18-20-19-17(22(18)13-5-6-13)12-4-7-14-15(10-12)25-9-3-8-24-14/h4,7,10,13H,3,5-6,8-9,11H2,1-2H3. The smallest absolute Gasteiger partial charge is 0.232 e. The normalized spacial score (nSPS) is 16.2. The molecule has 2 aliphatic rings. The van der Waals surface area contributed by atoms with Gasteiger partial charge in [0.2, 0.25) is 5.91 Å². The molecule has 1 aliphatic carbocycles. The third-order valence-corrected chi connectivity index (χ3v) is 5.33. The number of amides is 1. The third-order valence-electron chi connectivity index (χ3n) is 4.41. The molecule has 0 saturated heterocycles. The van der Waals surface area contributed by atoms with Gasteiger partial charge < -0.3 is 14.4 Å². The number of hydrogen-bond donors (Lipinski definition) is 0. The average Bonchev–Trinajstić information content (AvgIpc) is 3.42. The summed E-state index contributed by atoms with van der Waals surface area (Å²) in [6, 6.07) is 6.32. The molecule has 0 radical (unpaired) electrons. The molecule has 1 aromatic heterocycles. The molecule has 0 N–H and O–H groups in total.